The van der Waals surface area contributed by atoms with E-state index in [4.69, 9.17) is 0 Å². The van der Waals surface area contributed by atoms with Crippen molar-refractivity contribution in [1.82, 2.24) is 0 Å². The number of carbonyl (C=O) groups excluding carboxylic acids is 1. The molecule has 2 unspecified atom stereocenters. The number of nitrogens with zero attached hydrogens (tertiary/aromatic N) is 1. The van der Waals surface area contributed by atoms with Gasteiger partial charge in [-0.1, -0.05) is 6.92 Å². The van der Waals surface area contributed by atoms with Crippen LogP contribution in [0.3, 0.4) is 0 Å². The predicted octanol–water partition coefficient (Wildman–Crippen LogP) is 2.24. The SMILES string of the molecule is CCC(C(C)=O)C(O)c1ccc([N+](=O)[O-])cc1. The molecule has 1 N–H and O–H groups in total. The lowest BCUT2D eigenvalue weighted by Crippen LogP contribution is -2.19. The minimum Gasteiger partial charge on any atom is -0.388 e. The second kappa shape index (κ2) is 5.54. The Morgan fingerprint density at radius 2 is 1.94 bits per heavy atom. The first-order valence-corrected chi connectivity index (χ1v) is 5.40. The average Bonchev–Trinajstić information content (AvgIpc) is 2.29. The summed E-state index contributed by atoms with van der Waals surface area (Å²) < 4.78 is 0. The number of ketones is 1. The zero-order valence-corrected chi connectivity index (χ0v) is 9.79. The number of carbonyl (C=O) groups is 1. The minimum absolute atomic E-state index is 0.0307. The summed E-state index contributed by atoms with van der Waals surface area (Å²) in [6.07, 6.45) is -0.369. The van der Waals surface area contributed by atoms with Crippen LogP contribution in [-0.2, 0) is 4.79 Å². The molecule has 17 heavy (non-hydrogen) atoms. The fraction of sp³-hybridized carbons (Fsp3) is 0.417. The maximum atomic E-state index is 11.3. The van der Waals surface area contributed by atoms with Crippen molar-refractivity contribution in [3.8, 4) is 0 Å². The third-order valence-electron chi connectivity index (χ3n) is 2.79. The average molecular weight is 237 g/mol. The van der Waals surface area contributed by atoms with Gasteiger partial charge < -0.3 is 5.11 Å². The molecule has 0 radical (unpaired) electrons. The molecule has 0 fully saturated rings. The Bertz CT molecular complexity index is 413. The fourth-order valence-corrected chi connectivity index (χ4v) is 1.76. The van der Waals surface area contributed by atoms with Gasteiger partial charge in [-0.05, 0) is 31.0 Å². The highest BCUT2D eigenvalue weighted by atomic mass is 16.6. The van der Waals surface area contributed by atoms with Gasteiger partial charge in [0.25, 0.3) is 5.69 Å². The number of Topliss-reactive ketones (excluding diaryl/α,β-unsaturated/α-hetero) is 1. The molecule has 1 rings (SSSR count). The maximum absolute atomic E-state index is 11.3. The van der Waals surface area contributed by atoms with Gasteiger partial charge >= 0.3 is 0 Å². The van der Waals surface area contributed by atoms with Gasteiger partial charge in [-0.2, -0.15) is 0 Å². The quantitative estimate of drug-likeness (QED) is 0.629. The van der Waals surface area contributed by atoms with Crippen LogP contribution in [0, 0.1) is 16.0 Å². The standard InChI is InChI=1S/C12H15NO4/c1-3-11(8(2)14)12(15)9-4-6-10(7-5-9)13(16)17/h4-7,11-12,15H,3H2,1-2H3. The van der Waals surface area contributed by atoms with Gasteiger partial charge in [0.15, 0.2) is 0 Å². The zero-order chi connectivity index (χ0) is 13.0. The molecule has 92 valence electrons. The number of non-ortho nitro benzene ring substituents is 1. The van der Waals surface area contributed by atoms with E-state index >= 15 is 0 Å². The molecule has 0 aliphatic carbocycles. The summed E-state index contributed by atoms with van der Waals surface area (Å²) in [4.78, 5) is 21.3. The van der Waals surface area contributed by atoms with Gasteiger partial charge in [-0.3, -0.25) is 14.9 Å². The highest BCUT2D eigenvalue weighted by molar-refractivity contribution is 5.79. The molecule has 0 saturated carbocycles. The van der Waals surface area contributed by atoms with Gasteiger partial charge in [0.2, 0.25) is 0 Å². The number of aliphatic hydroxyl groups is 1. The van der Waals surface area contributed by atoms with Crippen LogP contribution in [0.5, 0.6) is 0 Å². The van der Waals surface area contributed by atoms with Crippen molar-refractivity contribution in [2.45, 2.75) is 26.4 Å². The van der Waals surface area contributed by atoms with Crippen molar-refractivity contribution in [1.29, 1.82) is 0 Å². The minimum atomic E-state index is -0.904. The monoisotopic (exact) mass is 237 g/mol. The smallest absolute Gasteiger partial charge is 0.269 e. The lowest BCUT2D eigenvalue weighted by atomic mass is 9.90. The van der Waals surface area contributed by atoms with E-state index in [2.05, 4.69) is 0 Å². The van der Waals surface area contributed by atoms with Gasteiger partial charge in [0.1, 0.15) is 5.78 Å². The van der Waals surface area contributed by atoms with Crippen LogP contribution in [-0.4, -0.2) is 15.8 Å². The van der Waals surface area contributed by atoms with Crippen LogP contribution in [0.4, 0.5) is 5.69 Å². The molecule has 1 aromatic carbocycles. The molecule has 0 spiro atoms. The summed E-state index contributed by atoms with van der Waals surface area (Å²) >= 11 is 0. The third-order valence-corrected chi connectivity index (χ3v) is 2.79. The normalized spacial score (nSPS) is 14.1. The summed E-state index contributed by atoms with van der Waals surface area (Å²) in [5, 5.41) is 20.5. The first-order valence-electron chi connectivity index (χ1n) is 5.40. The third kappa shape index (κ3) is 3.10. The van der Waals surface area contributed by atoms with Crippen molar-refractivity contribution in [3.63, 3.8) is 0 Å². The van der Waals surface area contributed by atoms with Crippen LogP contribution in [0.1, 0.15) is 31.9 Å². The van der Waals surface area contributed by atoms with Crippen LogP contribution in [0.15, 0.2) is 24.3 Å². The maximum Gasteiger partial charge on any atom is 0.269 e. The topological polar surface area (TPSA) is 80.4 Å². The number of aliphatic hydroxyl groups excluding tert-OH is 1. The Balaban J connectivity index is 2.92. The van der Waals surface area contributed by atoms with Crippen LogP contribution in [0.2, 0.25) is 0 Å². The lowest BCUT2D eigenvalue weighted by Gasteiger charge is -2.18. The van der Waals surface area contributed by atoms with E-state index in [1.807, 2.05) is 6.92 Å². The molecule has 1 aromatic rings. The molecule has 0 bridgehead atoms. The predicted molar refractivity (Wildman–Crippen MR) is 62.5 cm³/mol. The Hall–Kier alpha value is -1.75. The first-order chi connectivity index (χ1) is 7.97. The first kappa shape index (κ1) is 13.3. The van der Waals surface area contributed by atoms with Gasteiger partial charge in [-0.25, -0.2) is 0 Å². The van der Waals surface area contributed by atoms with E-state index in [0.29, 0.717) is 12.0 Å². The summed E-state index contributed by atoms with van der Waals surface area (Å²) in [7, 11) is 0. The molecule has 0 aromatic heterocycles. The Kier molecular flexibility index (Phi) is 4.34. The van der Waals surface area contributed by atoms with Crippen molar-refractivity contribution < 1.29 is 14.8 Å². The van der Waals surface area contributed by atoms with Crippen LogP contribution in [0.25, 0.3) is 0 Å². The second-order valence-electron chi connectivity index (χ2n) is 3.92. The molecular formula is C12H15NO4. The van der Waals surface area contributed by atoms with E-state index in [-0.39, 0.29) is 11.5 Å². The molecule has 2 atom stereocenters. The Morgan fingerprint density at radius 3 is 2.29 bits per heavy atom. The van der Waals surface area contributed by atoms with Gasteiger partial charge in [0, 0.05) is 18.1 Å². The lowest BCUT2D eigenvalue weighted by molar-refractivity contribution is -0.384. The number of nitro benzene ring substituents is 1. The number of hydrogen-bond donors (Lipinski definition) is 1. The summed E-state index contributed by atoms with van der Waals surface area (Å²) in [5.74, 6) is -0.546. The number of rotatable bonds is 5. The molecule has 0 aliphatic heterocycles. The number of hydrogen-bond acceptors (Lipinski definition) is 4. The van der Waals surface area contributed by atoms with E-state index in [1.54, 1.807) is 0 Å². The molecule has 0 saturated heterocycles. The number of nitro groups is 1. The molecule has 0 amide bonds. The molecule has 5 nitrogen and oxygen atoms in total. The highest BCUT2D eigenvalue weighted by Gasteiger charge is 2.23. The zero-order valence-electron chi connectivity index (χ0n) is 9.79. The summed E-state index contributed by atoms with van der Waals surface area (Å²) in [6.45, 7) is 3.25. The molecule has 0 heterocycles. The molecule has 0 aliphatic rings. The van der Waals surface area contributed by atoms with Crippen molar-refractivity contribution >= 4 is 11.5 Å². The van der Waals surface area contributed by atoms with E-state index in [0.717, 1.165) is 0 Å². The van der Waals surface area contributed by atoms with Gasteiger partial charge in [0.05, 0.1) is 11.0 Å². The van der Waals surface area contributed by atoms with Crippen molar-refractivity contribution in [3.05, 3.63) is 39.9 Å². The van der Waals surface area contributed by atoms with Crippen LogP contribution >= 0.6 is 0 Å². The van der Waals surface area contributed by atoms with E-state index in [9.17, 15) is 20.0 Å². The highest BCUT2D eigenvalue weighted by Crippen LogP contribution is 2.26. The van der Waals surface area contributed by atoms with Gasteiger partial charge in [-0.15, -0.1) is 0 Å². The number of benzene rings is 1. The molecular weight excluding hydrogens is 222 g/mol. The van der Waals surface area contributed by atoms with Crippen LogP contribution < -0.4 is 0 Å². The summed E-state index contributed by atoms with van der Waals surface area (Å²) in [5.41, 5.74) is 0.495. The largest absolute Gasteiger partial charge is 0.388 e. The Labute approximate surface area is 99.2 Å². The fourth-order valence-electron chi connectivity index (χ4n) is 1.76. The Morgan fingerprint density at radius 1 is 1.41 bits per heavy atom. The van der Waals surface area contributed by atoms with E-state index < -0.39 is 16.9 Å². The van der Waals surface area contributed by atoms with E-state index in [1.165, 1.54) is 31.2 Å². The molecule has 5 heteroatoms. The van der Waals surface area contributed by atoms with Crippen molar-refractivity contribution in [2.75, 3.05) is 0 Å². The second-order valence-corrected chi connectivity index (χ2v) is 3.92. The van der Waals surface area contributed by atoms with Crippen molar-refractivity contribution in [2.24, 2.45) is 5.92 Å². The summed E-state index contributed by atoms with van der Waals surface area (Å²) in [6, 6.07) is 5.61.